The molecule has 0 bridgehead atoms. The molecule has 2 rings (SSSR count). The Kier molecular flexibility index (Phi) is 6.14. The van der Waals surface area contributed by atoms with Crippen LogP contribution >= 0.6 is 0 Å². The lowest BCUT2D eigenvalue weighted by molar-refractivity contribution is 0.0480. The Bertz CT molecular complexity index is 679. The van der Waals surface area contributed by atoms with Gasteiger partial charge in [0.1, 0.15) is 0 Å². The SMILES string of the molecule is CCN(CC(C)(C)O)C(=O)NCC(C)c1nc(-c2ccccc2)no1. The highest BCUT2D eigenvalue weighted by Gasteiger charge is 2.22. The molecule has 1 unspecified atom stereocenters. The van der Waals surface area contributed by atoms with Crippen molar-refractivity contribution in [1.82, 2.24) is 20.4 Å². The van der Waals surface area contributed by atoms with E-state index in [9.17, 15) is 9.90 Å². The van der Waals surface area contributed by atoms with Crippen LogP contribution in [0.2, 0.25) is 0 Å². The number of benzene rings is 1. The number of rotatable bonds is 7. The molecule has 25 heavy (non-hydrogen) atoms. The van der Waals surface area contributed by atoms with E-state index >= 15 is 0 Å². The molecule has 1 aromatic carbocycles. The minimum Gasteiger partial charge on any atom is -0.389 e. The summed E-state index contributed by atoms with van der Waals surface area (Å²) in [7, 11) is 0. The molecule has 7 nitrogen and oxygen atoms in total. The van der Waals surface area contributed by atoms with E-state index < -0.39 is 5.60 Å². The van der Waals surface area contributed by atoms with Gasteiger partial charge in [-0.1, -0.05) is 42.4 Å². The number of nitrogens with zero attached hydrogens (tertiary/aromatic N) is 3. The summed E-state index contributed by atoms with van der Waals surface area (Å²) in [5.41, 5.74) is -0.0492. The fraction of sp³-hybridized carbons (Fsp3) is 0.500. The molecule has 0 saturated heterocycles. The molecule has 2 amide bonds. The average molecular weight is 346 g/mol. The first kappa shape index (κ1) is 18.9. The van der Waals surface area contributed by atoms with Crippen LogP contribution < -0.4 is 5.32 Å². The molecule has 136 valence electrons. The third-order valence-corrected chi connectivity index (χ3v) is 3.70. The number of carbonyl (C=O) groups excluding carboxylic acids is 1. The molecular formula is C18H26N4O3. The number of urea groups is 1. The van der Waals surface area contributed by atoms with Crippen molar-refractivity contribution in [3.8, 4) is 11.4 Å². The summed E-state index contributed by atoms with van der Waals surface area (Å²) in [6, 6.07) is 9.36. The topological polar surface area (TPSA) is 91.5 Å². The number of nitrogens with one attached hydrogen (secondary N) is 1. The van der Waals surface area contributed by atoms with E-state index in [0.717, 1.165) is 5.56 Å². The van der Waals surface area contributed by atoms with E-state index in [4.69, 9.17) is 4.52 Å². The van der Waals surface area contributed by atoms with Crippen molar-refractivity contribution in [3.63, 3.8) is 0 Å². The van der Waals surface area contributed by atoms with Gasteiger partial charge in [0, 0.05) is 18.7 Å². The first-order valence-electron chi connectivity index (χ1n) is 8.44. The normalized spacial score (nSPS) is 12.7. The van der Waals surface area contributed by atoms with Crippen molar-refractivity contribution in [1.29, 1.82) is 0 Å². The molecule has 0 aliphatic rings. The van der Waals surface area contributed by atoms with Gasteiger partial charge in [0.15, 0.2) is 0 Å². The van der Waals surface area contributed by atoms with E-state index in [1.54, 1.807) is 18.7 Å². The van der Waals surface area contributed by atoms with Crippen molar-refractivity contribution >= 4 is 6.03 Å². The van der Waals surface area contributed by atoms with Gasteiger partial charge in [0.25, 0.3) is 0 Å². The molecule has 1 aromatic heterocycles. The van der Waals surface area contributed by atoms with Crippen LogP contribution in [-0.4, -0.2) is 51.4 Å². The van der Waals surface area contributed by atoms with Crippen molar-refractivity contribution < 1.29 is 14.4 Å². The summed E-state index contributed by atoms with van der Waals surface area (Å²) in [4.78, 5) is 18.2. The third-order valence-electron chi connectivity index (χ3n) is 3.70. The molecule has 0 fully saturated rings. The summed E-state index contributed by atoms with van der Waals surface area (Å²) in [6.07, 6.45) is 0. The zero-order valence-electron chi connectivity index (χ0n) is 15.2. The maximum absolute atomic E-state index is 12.3. The Balaban J connectivity index is 1.93. The Labute approximate surface area is 148 Å². The molecule has 0 aliphatic heterocycles. The average Bonchev–Trinajstić information content (AvgIpc) is 3.07. The molecule has 0 saturated carbocycles. The maximum Gasteiger partial charge on any atom is 0.317 e. The van der Waals surface area contributed by atoms with Crippen LogP contribution in [0, 0.1) is 0 Å². The molecule has 2 N–H and O–H groups in total. The van der Waals surface area contributed by atoms with E-state index in [1.807, 2.05) is 44.2 Å². The molecule has 0 aliphatic carbocycles. The maximum atomic E-state index is 12.3. The smallest absolute Gasteiger partial charge is 0.317 e. The Morgan fingerprint density at radius 3 is 2.64 bits per heavy atom. The summed E-state index contributed by atoms with van der Waals surface area (Å²) < 4.78 is 5.31. The van der Waals surface area contributed by atoms with Gasteiger partial charge < -0.3 is 19.8 Å². The quantitative estimate of drug-likeness (QED) is 0.804. The standard InChI is InChI=1S/C18H26N4O3/c1-5-22(12-18(3,4)24)17(23)19-11-13(2)16-20-15(21-25-16)14-9-7-6-8-10-14/h6-10,13,24H,5,11-12H2,1-4H3,(H,19,23). The van der Waals surface area contributed by atoms with Crippen molar-refractivity contribution in [3.05, 3.63) is 36.2 Å². The monoisotopic (exact) mass is 346 g/mol. The number of carbonyl (C=O) groups is 1. The van der Waals surface area contributed by atoms with Gasteiger partial charge in [-0.3, -0.25) is 0 Å². The van der Waals surface area contributed by atoms with Crippen molar-refractivity contribution in [2.24, 2.45) is 0 Å². The number of likely N-dealkylation sites (N-methyl/N-ethyl adjacent to an activating group) is 1. The van der Waals surface area contributed by atoms with Crippen LogP contribution in [0.15, 0.2) is 34.9 Å². The van der Waals surface area contributed by atoms with Crippen LogP contribution in [0.4, 0.5) is 4.79 Å². The van der Waals surface area contributed by atoms with E-state index in [-0.39, 0.29) is 18.5 Å². The molecular weight excluding hydrogens is 320 g/mol. The second-order valence-electron chi connectivity index (χ2n) is 6.74. The van der Waals surface area contributed by atoms with Crippen LogP contribution in [0.25, 0.3) is 11.4 Å². The molecule has 2 aromatic rings. The number of hydrogen-bond donors (Lipinski definition) is 2. The Morgan fingerprint density at radius 1 is 1.36 bits per heavy atom. The highest BCUT2D eigenvalue weighted by atomic mass is 16.5. The number of aromatic nitrogens is 2. The van der Waals surface area contributed by atoms with Gasteiger partial charge >= 0.3 is 6.03 Å². The Hall–Kier alpha value is -2.41. The van der Waals surface area contributed by atoms with E-state index in [2.05, 4.69) is 15.5 Å². The van der Waals surface area contributed by atoms with E-state index in [1.165, 1.54) is 0 Å². The molecule has 1 heterocycles. The van der Waals surface area contributed by atoms with Gasteiger partial charge in [-0.2, -0.15) is 4.98 Å². The first-order valence-corrected chi connectivity index (χ1v) is 8.44. The number of amides is 2. The zero-order chi connectivity index (χ0) is 18.4. The Morgan fingerprint density at radius 2 is 2.04 bits per heavy atom. The second-order valence-corrected chi connectivity index (χ2v) is 6.74. The van der Waals surface area contributed by atoms with Gasteiger partial charge in [-0.25, -0.2) is 4.79 Å². The lowest BCUT2D eigenvalue weighted by atomic mass is 10.1. The van der Waals surface area contributed by atoms with Crippen molar-refractivity contribution in [2.75, 3.05) is 19.6 Å². The largest absolute Gasteiger partial charge is 0.389 e. The van der Waals surface area contributed by atoms with Crippen LogP contribution in [0.1, 0.15) is 39.5 Å². The summed E-state index contributed by atoms with van der Waals surface area (Å²) in [6.45, 7) is 8.29. The molecule has 0 radical (unpaired) electrons. The van der Waals surface area contributed by atoms with Crippen LogP contribution in [0.3, 0.4) is 0 Å². The lowest BCUT2D eigenvalue weighted by Gasteiger charge is -2.28. The fourth-order valence-corrected chi connectivity index (χ4v) is 2.37. The lowest BCUT2D eigenvalue weighted by Crippen LogP contribution is -2.47. The van der Waals surface area contributed by atoms with Gasteiger partial charge in [0.05, 0.1) is 18.1 Å². The number of hydrogen-bond acceptors (Lipinski definition) is 5. The molecule has 7 heteroatoms. The van der Waals surface area contributed by atoms with Crippen LogP contribution in [-0.2, 0) is 0 Å². The summed E-state index contributed by atoms with van der Waals surface area (Å²) >= 11 is 0. The highest BCUT2D eigenvalue weighted by Crippen LogP contribution is 2.19. The molecule has 0 spiro atoms. The van der Waals surface area contributed by atoms with Crippen molar-refractivity contribution in [2.45, 2.75) is 39.2 Å². The first-order chi connectivity index (χ1) is 11.8. The fourth-order valence-electron chi connectivity index (χ4n) is 2.37. The van der Waals surface area contributed by atoms with Gasteiger partial charge in [-0.15, -0.1) is 0 Å². The zero-order valence-corrected chi connectivity index (χ0v) is 15.2. The predicted octanol–water partition coefficient (Wildman–Crippen LogP) is 2.64. The predicted molar refractivity (Wildman–Crippen MR) is 95.1 cm³/mol. The summed E-state index contributed by atoms with van der Waals surface area (Å²) in [5.74, 6) is 0.894. The molecule has 1 atom stereocenters. The highest BCUT2D eigenvalue weighted by molar-refractivity contribution is 5.74. The minimum atomic E-state index is -0.934. The van der Waals surface area contributed by atoms with Crippen LogP contribution in [0.5, 0.6) is 0 Å². The van der Waals surface area contributed by atoms with Gasteiger partial charge in [0.2, 0.25) is 11.7 Å². The summed E-state index contributed by atoms with van der Waals surface area (Å²) in [5, 5.41) is 16.7. The second kappa shape index (κ2) is 8.11. The van der Waals surface area contributed by atoms with E-state index in [0.29, 0.717) is 24.8 Å². The third kappa shape index (κ3) is 5.56. The minimum absolute atomic E-state index is 0.116. The number of aliphatic hydroxyl groups is 1. The van der Waals surface area contributed by atoms with Gasteiger partial charge in [-0.05, 0) is 20.8 Å².